The molecule has 3 N–H and O–H groups in total. The molecule has 0 aliphatic carbocycles. The van der Waals surface area contributed by atoms with Crippen molar-refractivity contribution in [3.63, 3.8) is 0 Å². The zero-order chi connectivity index (χ0) is 12.3. The largest absolute Gasteiger partial charge is 0.394 e. The summed E-state index contributed by atoms with van der Waals surface area (Å²) in [5.74, 6) is 0. The molecule has 1 heterocycles. The SMILES string of the molecule is NCc1cc(Br)cc(N2CCOCC2CO)c1. The molecule has 17 heavy (non-hydrogen) atoms. The number of ether oxygens (including phenoxy) is 1. The van der Waals surface area contributed by atoms with Crippen LogP contribution in [0, 0.1) is 0 Å². The lowest BCUT2D eigenvalue weighted by atomic mass is 10.1. The number of benzene rings is 1. The lowest BCUT2D eigenvalue weighted by Crippen LogP contribution is -2.47. The summed E-state index contributed by atoms with van der Waals surface area (Å²) in [7, 11) is 0. The smallest absolute Gasteiger partial charge is 0.0755 e. The van der Waals surface area contributed by atoms with E-state index in [-0.39, 0.29) is 12.6 Å². The molecule has 1 atom stereocenters. The predicted octanol–water partition coefficient (Wildman–Crippen LogP) is 1.11. The fourth-order valence-corrected chi connectivity index (χ4v) is 2.59. The molecule has 0 amide bonds. The Morgan fingerprint density at radius 3 is 3.00 bits per heavy atom. The topological polar surface area (TPSA) is 58.7 Å². The summed E-state index contributed by atoms with van der Waals surface area (Å²) in [5.41, 5.74) is 7.84. The Labute approximate surface area is 109 Å². The van der Waals surface area contributed by atoms with Crippen molar-refractivity contribution in [2.75, 3.05) is 31.3 Å². The van der Waals surface area contributed by atoms with Gasteiger partial charge in [0.05, 0.1) is 25.9 Å². The highest BCUT2D eigenvalue weighted by atomic mass is 79.9. The molecule has 0 aromatic heterocycles. The van der Waals surface area contributed by atoms with Crippen molar-refractivity contribution in [2.24, 2.45) is 5.73 Å². The number of aliphatic hydroxyl groups excluding tert-OH is 1. The molecule has 1 aromatic carbocycles. The quantitative estimate of drug-likeness (QED) is 0.878. The summed E-state index contributed by atoms with van der Waals surface area (Å²) < 4.78 is 6.39. The average molecular weight is 301 g/mol. The summed E-state index contributed by atoms with van der Waals surface area (Å²) in [6.07, 6.45) is 0. The molecule has 0 spiro atoms. The van der Waals surface area contributed by atoms with Crippen LogP contribution in [0.2, 0.25) is 0 Å². The highest BCUT2D eigenvalue weighted by molar-refractivity contribution is 9.10. The molecule has 0 saturated carbocycles. The van der Waals surface area contributed by atoms with Crippen LogP contribution in [0.5, 0.6) is 0 Å². The number of aliphatic hydroxyl groups is 1. The van der Waals surface area contributed by atoms with Crippen LogP contribution in [0.1, 0.15) is 5.56 Å². The number of nitrogens with two attached hydrogens (primary N) is 1. The summed E-state index contributed by atoms with van der Waals surface area (Å²) in [6, 6.07) is 6.16. The third kappa shape index (κ3) is 2.98. The predicted molar refractivity (Wildman–Crippen MR) is 71.1 cm³/mol. The van der Waals surface area contributed by atoms with Gasteiger partial charge in [0.2, 0.25) is 0 Å². The van der Waals surface area contributed by atoms with Crippen molar-refractivity contribution in [1.29, 1.82) is 0 Å². The van der Waals surface area contributed by atoms with Gasteiger partial charge < -0.3 is 20.5 Å². The first-order valence-electron chi connectivity index (χ1n) is 5.69. The molecular formula is C12H17BrN2O2. The number of rotatable bonds is 3. The van der Waals surface area contributed by atoms with E-state index in [1.165, 1.54) is 0 Å². The van der Waals surface area contributed by atoms with Crippen LogP contribution in [-0.4, -0.2) is 37.5 Å². The summed E-state index contributed by atoms with van der Waals surface area (Å²) in [4.78, 5) is 2.17. The Hall–Kier alpha value is -0.620. The third-order valence-electron chi connectivity index (χ3n) is 2.95. The third-order valence-corrected chi connectivity index (χ3v) is 3.41. The lowest BCUT2D eigenvalue weighted by molar-refractivity contribution is 0.0727. The number of anilines is 1. The Balaban J connectivity index is 2.27. The van der Waals surface area contributed by atoms with E-state index in [0.717, 1.165) is 22.3 Å². The molecule has 0 radical (unpaired) electrons. The highest BCUT2D eigenvalue weighted by Gasteiger charge is 2.22. The van der Waals surface area contributed by atoms with E-state index in [1.54, 1.807) is 0 Å². The Kier molecular flexibility index (Phi) is 4.39. The molecule has 1 aliphatic heterocycles. The van der Waals surface area contributed by atoms with Crippen molar-refractivity contribution < 1.29 is 9.84 Å². The van der Waals surface area contributed by atoms with E-state index in [9.17, 15) is 5.11 Å². The molecule has 1 fully saturated rings. The molecular weight excluding hydrogens is 284 g/mol. The number of morpholine rings is 1. The summed E-state index contributed by atoms with van der Waals surface area (Å²) in [6.45, 7) is 2.68. The van der Waals surface area contributed by atoms with Gasteiger partial charge in [0, 0.05) is 23.2 Å². The molecule has 0 bridgehead atoms. The first-order chi connectivity index (χ1) is 8.24. The van der Waals surface area contributed by atoms with Crippen molar-refractivity contribution in [3.05, 3.63) is 28.2 Å². The molecule has 1 saturated heterocycles. The Bertz CT molecular complexity index is 387. The highest BCUT2D eigenvalue weighted by Crippen LogP contribution is 2.25. The minimum absolute atomic E-state index is 0.0312. The van der Waals surface area contributed by atoms with Crippen molar-refractivity contribution in [1.82, 2.24) is 0 Å². The van der Waals surface area contributed by atoms with Crippen LogP contribution in [0.4, 0.5) is 5.69 Å². The summed E-state index contributed by atoms with van der Waals surface area (Å²) in [5, 5.41) is 9.36. The molecule has 1 aliphatic rings. The zero-order valence-electron chi connectivity index (χ0n) is 9.60. The molecule has 94 valence electrons. The number of halogens is 1. The molecule has 2 rings (SSSR count). The number of hydrogen-bond acceptors (Lipinski definition) is 4. The monoisotopic (exact) mass is 300 g/mol. The lowest BCUT2D eigenvalue weighted by Gasteiger charge is -2.36. The van der Waals surface area contributed by atoms with E-state index in [2.05, 4.69) is 26.9 Å². The van der Waals surface area contributed by atoms with E-state index in [1.807, 2.05) is 12.1 Å². The maximum Gasteiger partial charge on any atom is 0.0755 e. The van der Waals surface area contributed by atoms with Crippen molar-refractivity contribution >= 4 is 21.6 Å². The minimum atomic E-state index is 0.0312. The standard InChI is InChI=1S/C12H17BrN2O2/c13-10-3-9(6-14)4-11(5-10)15-1-2-17-8-12(15)7-16/h3-5,12,16H,1-2,6-8,14H2. The van der Waals surface area contributed by atoms with Gasteiger partial charge in [-0.2, -0.15) is 0 Å². The first kappa shape index (κ1) is 12.8. The van der Waals surface area contributed by atoms with Crippen molar-refractivity contribution in [3.8, 4) is 0 Å². The van der Waals surface area contributed by atoms with Gasteiger partial charge in [-0.15, -0.1) is 0 Å². The van der Waals surface area contributed by atoms with Crippen molar-refractivity contribution in [2.45, 2.75) is 12.6 Å². The number of nitrogens with zero attached hydrogens (tertiary/aromatic N) is 1. The van der Waals surface area contributed by atoms with Gasteiger partial charge in [-0.25, -0.2) is 0 Å². The Morgan fingerprint density at radius 2 is 2.29 bits per heavy atom. The second kappa shape index (κ2) is 5.82. The van der Waals surface area contributed by atoms with Crippen LogP contribution < -0.4 is 10.6 Å². The minimum Gasteiger partial charge on any atom is -0.394 e. The van der Waals surface area contributed by atoms with Crippen LogP contribution >= 0.6 is 15.9 Å². The average Bonchev–Trinajstić information content (AvgIpc) is 2.37. The van der Waals surface area contributed by atoms with Gasteiger partial charge in [0.15, 0.2) is 0 Å². The van der Waals surface area contributed by atoms with Crippen LogP contribution in [0.15, 0.2) is 22.7 Å². The van der Waals surface area contributed by atoms with Crippen LogP contribution in [-0.2, 0) is 11.3 Å². The molecule has 5 heteroatoms. The van der Waals surface area contributed by atoms with Gasteiger partial charge in [-0.3, -0.25) is 0 Å². The summed E-state index contributed by atoms with van der Waals surface area (Å²) >= 11 is 3.49. The molecule has 1 aromatic rings. The first-order valence-corrected chi connectivity index (χ1v) is 6.48. The normalized spacial score (nSPS) is 20.6. The maximum atomic E-state index is 9.36. The fourth-order valence-electron chi connectivity index (χ4n) is 2.06. The Morgan fingerprint density at radius 1 is 1.47 bits per heavy atom. The van der Waals surface area contributed by atoms with Gasteiger partial charge in [0.25, 0.3) is 0 Å². The van der Waals surface area contributed by atoms with Gasteiger partial charge in [0.1, 0.15) is 0 Å². The van der Waals surface area contributed by atoms with E-state index >= 15 is 0 Å². The van der Waals surface area contributed by atoms with E-state index < -0.39 is 0 Å². The second-order valence-electron chi connectivity index (χ2n) is 4.13. The number of hydrogen-bond donors (Lipinski definition) is 2. The van der Waals surface area contributed by atoms with Gasteiger partial charge in [-0.05, 0) is 23.8 Å². The van der Waals surface area contributed by atoms with Crippen LogP contribution in [0.25, 0.3) is 0 Å². The fraction of sp³-hybridized carbons (Fsp3) is 0.500. The van der Waals surface area contributed by atoms with E-state index in [0.29, 0.717) is 19.8 Å². The van der Waals surface area contributed by atoms with Crippen LogP contribution in [0.3, 0.4) is 0 Å². The zero-order valence-corrected chi connectivity index (χ0v) is 11.2. The molecule has 1 unspecified atom stereocenters. The van der Waals surface area contributed by atoms with Gasteiger partial charge in [-0.1, -0.05) is 15.9 Å². The maximum absolute atomic E-state index is 9.36. The molecule has 4 nitrogen and oxygen atoms in total. The van der Waals surface area contributed by atoms with Gasteiger partial charge >= 0.3 is 0 Å². The second-order valence-corrected chi connectivity index (χ2v) is 5.04. The van der Waals surface area contributed by atoms with E-state index in [4.69, 9.17) is 10.5 Å².